The Kier molecular flexibility index (Phi) is 4.76. The van der Waals surface area contributed by atoms with Crippen molar-refractivity contribution in [1.29, 1.82) is 0 Å². The first kappa shape index (κ1) is 12.2. The van der Waals surface area contributed by atoms with Crippen molar-refractivity contribution in [3.63, 3.8) is 0 Å². The Bertz CT molecular complexity index is 307. The third kappa shape index (κ3) is 4.00. The molecule has 1 rings (SSSR count). The highest BCUT2D eigenvalue weighted by Crippen LogP contribution is 2.13. The lowest BCUT2D eigenvalue weighted by Gasteiger charge is -2.06. The number of aryl methyl sites for hydroxylation is 2. The van der Waals surface area contributed by atoms with Crippen molar-refractivity contribution in [2.24, 2.45) is 5.73 Å². The molecular weight excluding hydrogens is 189 g/mol. The van der Waals surface area contributed by atoms with E-state index in [4.69, 9.17) is 5.73 Å². The minimum absolute atomic E-state index is 0.0894. The summed E-state index contributed by atoms with van der Waals surface area (Å²) in [5.41, 5.74) is 7.71. The molecule has 15 heavy (non-hydrogen) atoms. The van der Waals surface area contributed by atoms with Gasteiger partial charge in [-0.3, -0.25) is 0 Å². The van der Waals surface area contributed by atoms with Crippen LogP contribution in [0.1, 0.15) is 37.8 Å². The van der Waals surface area contributed by atoms with Crippen molar-refractivity contribution < 1.29 is 4.39 Å². The second kappa shape index (κ2) is 5.86. The molecule has 1 aromatic rings. The summed E-state index contributed by atoms with van der Waals surface area (Å²) in [7, 11) is 0. The maximum absolute atomic E-state index is 13.2. The molecule has 84 valence electrons. The molecule has 0 aliphatic carbocycles. The average molecular weight is 209 g/mol. The van der Waals surface area contributed by atoms with Crippen LogP contribution in [0.2, 0.25) is 0 Å². The molecule has 0 amide bonds. The fraction of sp³-hybridized carbons (Fsp3) is 0.538. The Morgan fingerprint density at radius 3 is 2.73 bits per heavy atom. The van der Waals surface area contributed by atoms with Gasteiger partial charge in [-0.25, -0.2) is 4.39 Å². The van der Waals surface area contributed by atoms with Crippen LogP contribution in [-0.2, 0) is 12.8 Å². The molecule has 0 fully saturated rings. The van der Waals surface area contributed by atoms with Crippen LogP contribution in [0.5, 0.6) is 0 Å². The summed E-state index contributed by atoms with van der Waals surface area (Å²) in [5.74, 6) is -0.0894. The summed E-state index contributed by atoms with van der Waals surface area (Å²) in [6.45, 7) is 3.99. The Hall–Kier alpha value is -0.890. The van der Waals surface area contributed by atoms with E-state index < -0.39 is 0 Å². The molecular formula is C13H20FN. The topological polar surface area (TPSA) is 26.0 Å². The standard InChI is InChI=1S/C13H20FN/c1-3-12-9-11(7-8-13(12)14)6-4-5-10(2)15/h7-10H,3-6,15H2,1-2H3/t10-/m1/s1. The van der Waals surface area contributed by atoms with Gasteiger partial charge in [-0.05, 0) is 49.8 Å². The fourth-order valence-corrected chi connectivity index (χ4v) is 1.68. The van der Waals surface area contributed by atoms with Gasteiger partial charge in [0.25, 0.3) is 0 Å². The third-order valence-corrected chi connectivity index (χ3v) is 2.62. The molecule has 0 aliphatic rings. The largest absolute Gasteiger partial charge is 0.328 e. The maximum atomic E-state index is 13.2. The van der Waals surface area contributed by atoms with Gasteiger partial charge in [0.2, 0.25) is 0 Å². The van der Waals surface area contributed by atoms with Crippen LogP contribution in [0.15, 0.2) is 18.2 Å². The minimum atomic E-state index is -0.0894. The van der Waals surface area contributed by atoms with Gasteiger partial charge in [0.05, 0.1) is 0 Å². The molecule has 0 radical (unpaired) electrons. The summed E-state index contributed by atoms with van der Waals surface area (Å²) in [6, 6.07) is 5.67. The summed E-state index contributed by atoms with van der Waals surface area (Å²) < 4.78 is 13.2. The molecule has 2 N–H and O–H groups in total. The van der Waals surface area contributed by atoms with Crippen LogP contribution in [0.4, 0.5) is 4.39 Å². The van der Waals surface area contributed by atoms with Crippen LogP contribution < -0.4 is 5.73 Å². The Labute approximate surface area is 91.5 Å². The Morgan fingerprint density at radius 1 is 1.40 bits per heavy atom. The number of benzene rings is 1. The van der Waals surface area contributed by atoms with Crippen LogP contribution in [0, 0.1) is 5.82 Å². The monoisotopic (exact) mass is 209 g/mol. The third-order valence-electron chi connectivity index (χ3n) is 2.62. The summed E-state index contributed by atoms with van der Waals surface area (Å²) in [5, 5.41) is 0. The van der Waals surface area contributed by atoms with Crippen molar-refractivity contribution in [2.75, 3.05) is 0 Å². The molecule has 2 heteroatoms. The number of rotatable bonds is 5. The predicted molar refractivity (Wildman–Crippen MR) is 62.4 cm³/mol. The smallest absolute Gasteiger partial charge is 0.126 e. The normalized spacial score (nSPS) is 12.8. The summed E-state index contributed by atoms with van der Waals surface area (Å²) >= 11 is 0. The number of halogens is 1. The van der Waals surface area contributed by atoms with Crippen LogP contribution in [-0.4, -0.2) is 6.04 Å². The fourth-order valence-electron chi connectivity index (χ4n) is 1.68. The van der Waals surface area contributed by atoms with Crippen molar-refractivity contribution in [3.05, 3.63) is 35.1 Å². The molecule has 1 atom stereocenters. The lowest BCUT2D eigenvalue weighted by Crippen LogP contribution is -2.14. The van der Waals surface area contributed by atoms with Crippen LogP contribution in [0.25, 0.3) is 0 Å². The first-order chi connectivity index (χ1) is 7.13. The zero-order valence-electron chi connectivity index (χ0n) is 9.59. The molecule has 0 saturated carbocycles. The molecule has 0 aromatic heterocycles. The van der Waals surface area contributed by atoms with E-state index in [9.17, 15) is 4.39 Å². The van der Waals surface area contributed by atoms with Gasteiger partial charge < -0.3 is 5.73 Å². The first-order valence-corrected chi connectivity index (χ1v) is 5.66. The summed E-state index contributed by atoms with van der Waals surface area (Å²) in [6.07, 6.45) is 3.85. The quantitative estimate of drug-likeness (QED) is 0.792. The van der Waals surface area contributed by atoms with Crippen molar-refractivity contribution in [3.8, 4) is 0 Å². The van der Waals surface area contributed by atoms with E-state index in [-0.39, 0.29) is 11.9 Å². The van der Waals surface area contributed by atoms with E-state index >= 15 is 0 Å². The van der Waals surface area contributed by atoms with E-state index in [0.717, 1.165) is 31.2 Å². The van der Waals surface area contributed by atoms with Gasteiger partial charge in [0, 0.05) is 6.04 Å². The first-order valence-electron chi connectivity index (χ1n) is 5.66. The van der Waals surface area contributed by atoms with Gasteiger partial charge in [-0.2, -0.15) is 0 Å². The number of hydrogen-bond acceptors (Lipinski definition) is 1. The second-order valence-electron chi connectivity index (χ2n) is 4.15. The van der Waals surface area contributed by atoms with E-state index in [2.05, 4.69) is 0 Å². The van der Waals surface area contributed by atoms with Gasteiger partial charge in [0.1, 0.15) is 5.82 Å². The molecule has 0 saturated heterocycles. The highest BCUT2D eigenvalue weighted by atomic mass is 19.1. The van der Waals surface area contributed by atoms with Gasteiger partial charge >= 0.3 is 0 Å². The molecule has 0 spiro atoms. The predicted octanol–water partition coefficient (Wildman–Crippen LogP) is 3.06. The van der Waals surface area contributed by atoms with Crippen LogP contribution >= 0.6 is 0 Å². The lowest BCUT2D eigenvalue weighted by molar-refractivity contribution is 0.606. The lowest BCUT2D eigenvalue weighted by atomic mass is 10.0. The van der Waals surface area contributed by atoms with Gasteiger partial charge in [-0.15, -0.1) is 0 Å². The SMILES string of the molecule is CCc1cc(CCC[C@@H](C)N)ccc1F. The number of nitrogens with two attached hydrogens (primary N) is 1. The van der Waals surface area contributed by atoms with E-state index in [1.54, 1.807) is 6.07 Å². The van der Waals surface area contributed by atoms with Crippen molar-refractivity contribution >= 4 is 0 Å². The van der Waals surface area contributed by atoms with E-state index in [1.165, 1.54) is 5.56 Å². The minimum Gasteiger partial charge on any atom is -0.328 e. The average Bonchev–Trinajstić information content (AvgIpc) is 2.20. The highest BCUT2D eigenvalue weighted by molar-refractivity contribution is 5.25. The zero-order valence-corrected chi connectivity index (χ0v) is 9.59. The van der Waals surface area contributed by atoms with Gasteiger partial charge in [-0.1, -0.05) is 19.1 Å². The van der Waals surface area contributed by atoms with E-state index in [0.29, 0.717) is 0 Å². The number of hydrogen-bond donors (Lipinski definition) is 1. The molecule has 0 unspecified atom stereocenters. The maximum Gasteiger partial charge on any atom is 0.126 e. The van der Waals surface area contributed by atoms with Crippen molar-refractivity contribution in [2.45, 2.75) is 45.6 Å². The Morgan fingerprint density at radius 2 is 2.13 bits per heavy atom. The molecule has 0 aliphatic heterocycles. The molecule has 1 nitrogen and oxygen atoms in total. The highest BCUT2D eigenvalue weighted by Gasteiger charge is 2.02. The van der Waals surface area contributed by atoms with Gasteiger partial charge in [0.15, 0.2) is 0 Å². The van der Waals surface area contributed by atoms with Crippen LogP contribution in [0.3, 0.4) is 0 Å². The second-order valence-corrected chi connectivity index (χ2v) is 4.15. The van der Waals surface area contributed by atoms with E-state index in [1.807, 2.05) is 26.0 Å². The molecule has 0 heterocycles. The Balaban J connectivity index is 2.54. The zero-order chi connectivity index (χ0) is 11.3. The summed E-state index contributed by atoms with van der Waals surface area (Å²) in [4.78, 5) is 0. The molecule has 0 bridgehead atoms. The molecule has 1 aromatic carbocycles. The van der Waals surface area contributed by atoms with Crippen molar-refractivity contribution in [1.82, 2.24) is 0 Å².